The smallest absolute Gasteiger partial charge is 0.133 e. The van der Waals surface area contributed by atoms with Crippen molar-refractivity contribution in [2.24, 2.45) is 0 Å². The SMILES string of the molecule is CCCNCc1cccnc1N1CCCOC(C)C1. The third kappa shape index (κ3) is 4.18. The number of anilines is 1. The Labute approximate surface area is 116 Å². The first-order valence-electron chi connectivity index (χ1n) is 7.32. The Morgan fingerprint density at radius 3 is 3.26 bits per heavy atom. The van der Waals surface area contributed by atoms with Gasteiger partial charge in [-0.3, -0.25) is 0 Å². The van der Waals surface area contributed by atoms with Gasteiger partial charge in [-0.2, -0.15) is 0 Å². The summed E-state index contributed by atoms with van der Waals surface area (Å²) in [5, 5.41) is 3.46. The van der Waals surface area contributed by atoms with Crippen LogP contribution < -0.4 is 10.2 Å². The molecule has 0 bridgehead atoms. The number of pyridine rings is 1. The number of aromatic nitrogens is 1. The highest BCUT2D eigenvalue weighted by atomic mass is 16.5. The Morgan fingerprint density at radius 2 is 2.42 bits per heavy atom. The third-order valence-corrected chi connectivity index (χ3v) is 3.36. The summed E-state index contributed by atoms with van der Waals surface area (Å²) in [5.41, 5.74) is 1.28. The van der Waals surface area contributed by atoms with Crippen molar-refractivity contribution in [3.63, 3.8) is 0 Å². The van der Waals surface area contributed by atoms with Crippen LogP contribution in [-0.4, -0.2) is 37.3 Å². The fourth-order valence-electron chi connectivity index (χ4n) is 2.44. The van der Waals surface area contributed by atoms with Crippen molar-refractivity contribution in [3.05, 3.63) is 23.9 Å². The fraction of sp³-hybridized carbons (Fsp3) is 0.667. The van der Waals surface area contributed by atoms with Crippen molar-refractivity contribution in [2.45, 2.75) is 39.3 Å². The second kappa shape index (κ2) is 7.46. The molecule has 1 aliphatic rings. The molecule has 1 fully saturated rings. The quantitative estimate of drug-likeness (QED) is 0.826. The normalized spacial score (nSPS) is 20.3. The molecule has 0 saturated carbocycles. The Hall–Kier alpha value is -1.13. The van der Waals surface area contributed by atoms with Crippen LogP contribution in [0.25, 0.3) is 0 Å². The zero-order valence-electron chi connectivity index (χ0n) is 12.1. The van der Waals surface area contributed by atoms with Gasteiger partial charge in [0, 0.05) is 38.0 Å². The average Bonchev–Trinajstić information content (AvgIpc) is 2.64. The summed E-state index contributed by atoms with van der Waals surface area (Å²) in [7, 11) is 0. The predicted molar refractivity (Wildman–Crippen MR) is 78.5 cm³/mol. The molecule has 1 aliphatic heterocycles. The predicted octanol–water partition coefficient (Wildman–Crippen LogP) is 2.20. The molecule has 106 valence electrons. The van der Waals surface area contributed by atoms with Gasteiger partial charge in [0.05, 0.1) is 6.10 Å². The number of hydrogen-bond donors (Lipinski definition) is 1. The summed E-state index contributed by atoms with van der Waals surface area (Å²) in [6.07, 6.45) is 4.39. The van der Waals surface area contributed by atoms with Crippen molar-refractivity contribution >= 4 is 5.82 Å². The Bertz CT molecular complexity index is 383. The van der Waals surface area contributed by atoms with E-state index in [0.717, 1.165) is 51.4 Å². The van der Waals surface area contributed by atoms with E-state index >= 15 is 0 Å². The lowest BCUT2D eigenvalue weighted by Gasteiger charge is -2.25. The van der Waals surface area contributed by atoms with Gasteiger partial charge in [-0.25, -0.2) is 4.98 Å². The largest absolute Gasteiger partial charge is 0.377 e. The second-order valence-electron chi connectivity index (χ2n) is 5.14. The zero-order valence-corrected chi connectivity index (χ0v) is 12.1. The maximum absolute atomic E-state index is 5.71. The van der Waals surface area contributed by atoms with Crippen LogP contribution in [0.3, 0.4) is 0 Å². The van der Waals surface area contributed by atoms with Crippen molar-refractivity contribution in [1.82, 2.24) is 10.3 Å². The first kappa shape index (κ1) is 14.3. The van der Waals surface area contributed by atoms with Crippen LogP contribution in [-0.2, 0) is 11.3 Å². The number of nitrogens with one attached hydrogen (secondary N) is 1. The van der Waals surface area contributed by atoms with Crippen molar-refractivity contribution in [3.8, 4) is 0 Å². The minimum Gasteiger partial charge on any atom is -0.377 e. The van der Waals surface area contributed by atoms with Crippen LogP contribution in [0.4, 0.5) is 5.82 Å². The third-order valence-electron chi connectivity index (χ3n) is 3.36. The van der Waals surface area contributed by atoms with E-state index in [-0.39, 0.29) is 6.10 Å². The molecule has 1 aromatic rings. The minimum absolute atomic E-state index is 0.279. The minimum atomic E-state index is 0.279. The van der Waals surface area contributed by atoms with E-state index in [0.29, 0.717) is 0 Å². The van der Waals surface area contributed by atoms with Crippen LogP contribution in [0.1, 0.15) is 32.3 Å². The highest BCUT2D eigenvalue weighted by molar-refractivity contribution is 5.47. The molecule has 4 heteroatoms. The molecule has 0 aliphatic carbocycles. The molecule has 1 N–H and O–H groups in total. The molecule has 1 unspecified atom stereocenters. The summed E-state index contributed by atoms with van der Waals surface area (Å²) < 4.78 is 5.71. The fourth-order valence-corrected chi connectivity index (χ4v) is 2.44. The summed E-state index contributed by atoms with van der Waals surface area (Å²) >= 11 is 0. The van der Waals surface area contributed by atoms with Gasteiger partial charge in [0.25, 0.3) is 0 Å². The average molecular weight is 263 g/mol. The molecule has 19 heavy (non-hydrogen) atoms. The van der Waals surface area contributed by atoms with E-state index in [1.807, 2.05) is 12.3 Å². The first-order chi connectivity index (χ1) is 9.31. The molecule has 2 rings (SSSR count). The monoisotopic (exact) mass is 263 g/mol. The van der Waals surface area contributed by atoms with E-state index in [9.17, 15) is 0 Å². The van der Waals surface area contributed by atoms with Gasteiger partial charge in [-0.1, -0.05) is 13.0 Å². The molecule has 0 aromatic carbocycles. The molecule has 0 spiro atoms. The highest BCUT2D eigenvalue weighted by Crippen LogP contribution is 2.19. The van der Waals surface area contributed by atoms with Crippen molar-refractivity contribution < 1.29 is 4.74 Å². The molecule has 2 heterocycles. The molecular formula is C15H25N3O. The molecular weight excluding hydrogens is 238 g/mol. The van der Waals surface area contributed by atoms with Gasteiger partial charge >= 0.3 is 0 Å². The summed E-state index contributed by atoms with van der Waals surface area (Å²) in [6, 6.07) is 4.19. The van der Waals surface area contributed by atoms with E-state index in [2.05, 4.69) is 35.1 Å². The van der Waals surface area contributed by atoms with Crippen LogP contribution in [0.15, 0.2) is 18.3 Å². The van der Waals surface area contributed by atoms with Gasteiger partial charge < -0.3 is 15.0 Å². The highest BCUT2D eigenvalue weighted by Gasteiger charge is 2.18. The van der Waals surface area contributed by atoms with Gasteiger partial charge in [0.1, 0.15) is 5.82 Å². The van der Waals surface area contributed by atoms with Crippen LogP contribution in [0, 0.1) is 0 Å². The molecule has 1 saturated heterocycles. The van der Waals surface area contributed by atoms with Gasteiger partial charge in [-0.05, 0) is 32.4 Å². The first-order valence-corrected chi connectivity index (χ1v) is 7.32. The van der Waals surface area contributed by atoms with E-state index in [4.69, 9.17) is 4.74 Å². The molecule has 0 radical (unpaired) electrons. The maximum Gasteiger partial charge on any atom is 0.133 e. The molecule has 1 aromatic heterocycles. The Kier molecular flexibility index (Phi) is 5.61. The van der Waals surface area contributed by atoms with Gasteiger partial charge in [-0.15, -0.1) is 0 Å². The number of nitrogens with zero attached hydrogens (tertiary/aromatic N) is 2. The number of rotatable bonds is 5. The van der Waals surface area contributed by atoms with Gasteiger partial charge in [0.15, 0.2) is 0 Å². The standard InChI is InChI=1S/C15H25N3O/c1-3-7-16-11-14-6-4-8-17-15(14)18-9-5-10-19-13(2)12-18/h4,6,8,13,16H,3,5,7,9-12H2,1-2H3. The van der Waals surface area contributed by atoms with E-state index in [1.165, 1.54) is 5.56 Å². The lowest BCUT2D eigenvalue weighted by Crippen LogP contribution is -2.32. The second-order valence-corrected chi connectivity index (χ2v) is 5.14. The van der Waals surface area contributed by atoms with E-state index in [1.54, 1.807) is 0 Å². The lowest BCUT2D eigenvalue weighted by atomic mass is 10.2. The maximum atomic E-state index is 5.71. The van der Waals surface area contributed by atoms with Gasteiger partial charge in [0.2, 0.25) is 0 Å². The van der Waals surface area contributed by atoms with Crippen LogP contribution >= 0.6 is 0 Å². The van der Waals surface area contributed by atoms with Crippen molar-refractivity contribution in [1.29, 1.82) is 0 Å². The molecule has 1 atom stereocenters. The number of hydrogen-bond acceptors (Lipinski definition) is 4. The Balaban J connectivity index is 2.08. The summed E-state index contributed by atoms with van der Waals surface area (Å²) in [6.45, 7) is 9.08. The molecule has 4 nitrogen and oxygen atoms in total. The van der Waals surface area contributed by atoms with E-state index < -0.39 is 0 Å². The Morgan fingerprint density at radius 1 is 1.53 bits per heavy atom. The van der Waals surface area contributed by atoms with Crippen LogP contribution in [0.5, 0.6) is 0 Å². The van der Waals surface area contributed by atoms with Crippen molar-refractivity contribution in [2.75, 3.05) is 31.1 Å². The topological polar surface area (TPSA) is 37.4 Å². The lowest BCUT2D eigenvalue weighted by molar-refractivity contribution is 0.0820. The summed E-state index contributed by atoms with van der Waals surface area (Å²) in [5.74, 6) is 1.11. The zero-order chi connectivity index (χ0) is 13.5. The molecule has 0 amide bonds. The van der Waals surface area contributed by atoms with Crippen LogP contribution in [0.2, 0.25) is 0 Å². The number of ether oxygens (including phenoxy) is 1. The summed E-state index contributed by atoms with van der Waals surface area (Å²) in [4.78, 5) is 6.95.